The van der Waals surface area contributed by atoms with E-state index in [9.17, 15) is 22.8 Å². The van der Waals surface area contributed by atoms with Gasteiger partial charge in [0.1, 0.15) is 12.2 Å². The van der Waals surface area contributed by atoms with Crippen molar-refractivity contribution in [2.75, 3.05) is 0 Å². The maximum atomic E-state index is 13.8. The average molecular weight is 390 g/mol. The highest BCUT2D eigenvalue weighted by atomic mass is 19.4. The van der Waals surface area contributed by atoms with Crippen LogP contribution in [0.15, 0.2) is 0 Å². The minimum atomic E-state index is -4.64. The number of alkyl halides is 3. The summed E-state index contributed by atoms with van der Waals surface area (Å²) in [6, 6.07) is 0. The van der Waals surface area contributed by atoms with Gasteiger partial charge in [-0.25, -0.2) is 0 Å². The van der Waals surface area contributed by atoms with Crippen molar-refractivity contribution in [1.82, 2.24) is 0 Å². The Morgan fingerprint density at radius 1 is 1.26 bits per heavy atom. The topological polar surface area (TPSA) is 52.6 Å². The van der Waals surface area contributed by atoms with E-state index in [0.29, 0.717) is 19.3 Å². The molecule has 0 spiro atoms. The molecule has 0 aromatic rings. The third kappa shape index (κ3) is 2.96. The number of halogens is 3. The van der Waals surface area contributed by atoms with Gasteiger partial charge in [0.2, 0.25) is 0 Å². The molecule has 2 bridgehead atoms. The summed E-state index contributed by atoms with van der Waals surface area (Å²) >= 11 is 0. The van der Waals surface area contributed by atoms with Crippen molar-refractivity contribution in [2.24, 2.45) is 34.5 Å². The second-order valence-electron chi connectivity index (χ2n) is 9.60. The van der Waals surface area contributed by atoms with Crippen LogP contribution < -0.4 is 0 Å². The van der Waals surface area contributed by atoms with Gasteiger partial charge in [-0.1, -0.05) is 27.7 Å². The predicted molar refractivity (Wildman–Crippen MR) is 91.5 cm³/mol. The molecule has 7 heteroatoms. The Labute approximate surface area is 158 Å². The molecule has 0 aromatic heterocycles. The fraction of sp³-hybridized carbons (Fsp3) is 0.900. The van der Waals surface area contributed by atoms with E-state index in [-0.39, 0.29) is 24.2 Å². The van der Waals surface area contributed by atoms with Crippen LogP contribution in [0.4, 0.5) is 13.2 Å². The Bertz CT molecular complexity index is 629. The normalized spacial score (nSPS) is 37.5. The lowest BCUT2D eigenvalue weighted by molar-refractivity contribution is -0.228. The molecular weight excluding hydrogens is 361 g/mol. The van der Waals surface area contributed by atoms with Crippen molar-refractivity contribution < 1.29 is 32.2 Å². The van der Waals surface area contributed by atoms with Crippen LogP contribution in [0.5, 0.6) is 0 Å². The van der Waals surface area contributed by atoms with E-state index < -0.39 is 47.1 Å². The highest BCUT2D eigenvalue weighted by Gasteiger charge is 2.77. The summed E-state index contributed by atoms with van der Waals surface area (Å²) in [5, 5.41) is 0. The molecule has 3 fully saturated rings. The Kier molecular flexibility index (Phi) is 4.83. The molecule has 154 valence electrons. The third-order valence-corrected chi connectivity index (χ3v) is 7.10. The third-order valence-electron chi connectivity index (χ3n) is 7.10. The molecule has 1 saturated heterocycles. The van der Waals surface area contributed by atoms with Gasteiger partial charge in [-0.15, -0.1) is 0 Å². The molecule has 0 radical (unpaired) electrons. The molecule has 1 heterocycles. The van der Waals surface area contributed by atoms with Crippen LogP contribution in [-0.4, -0.2) is 30.3 Å². The van der Waals surface area contributed by atoms with Gasteiger partial charge in [0.25, 0.3) is 0 Å². The monoisotopic (exact) mass is 390 g/mol. The second-order valence-corrected chi connectivity index (χ2v) is 9.60. The molecule has 0 amide bonds. The molecule has 2 saturated carbocycles. The van der Waals surface area contributed by atoms with Crippen molar-refractivity contribution in [3.8, 4) is 0 Å². The minimum absolute atomic E-state index is 0.0214. The molecule has 6 atom stereocenters. The lowest BCUT2D eigenvalue weighted by Gasteiger charge is -2.38. The van der Waals surface area contributed by atoms with Crippen molar-refractivity contribution >= 4 is 11.9 Å². The highest BCUT2D eigenvalue weighted by Crippen LogP contribution is 2.65. The zero-order valence-corrected chi connectivity index (χ0v) is 16.6. The van der Waals surface area contributed by atoms with Crippen molar-refractivity contribution in [2.45, 2.75) is 78.7 Å². The summed E-state index contributed by atoms with van der Waals surface area (Å²) in [5.74, 6) is -2.52. The Morgan fingerprint density at radius 3 is 2.41 bits per heavy atom. The highest BCUT2D eigenvalue weighted by molar-refractivity contribution is 5.82. The average Bonchev–Trinajstić information content (AvgIpc) is 2.98. The molecule has 6 unspecified atom stereocenters. The van der Waals surface area contributed by atoms with Gasteiger partial charge < -0.3 is 9.47 Å². The first-order valence-corrected chi connectivity index (χ1v) is 9.81. The predicted octanol–water partition coefficient (Wildman–Crippen LogP) is 4.51. The molecule has 3 aliphatic rings. The van der Waals surface area contributed by atoms with Crippen LogP contribution in [0.2, 0.25) is 0 Å². The molecule has 3 rings (SSSR count). The Morgan fingerprint density at radius 2 is 1.89 bits per heavy atom. The van der Waals surface area contributed by atoms with Crippen LogP contribution in [0, 0.1) is 34.5 Å². The number of hydrogen-bond acceptors (Lipinski definition) is 4. The Balaban J connectivity index is 1.83. The lowest BCUT2D eigenvalue weighted by atomic mass is 9.73. The summed E-state index contributed by atoms with van der Waals surface area (Å²) < 4.78 is 52.2. The van der Waals surface area contributed by atoms with E-state index in [1.165, 1.54) is 0 Å². The molecule has 1 aliphatic heterocycles. The SMILES string of the molecule is CC(C)CC(C)(C(=O)OC1CC2CC3C1OC(=O)C3(C(F)(F)F)C2)C(C)C. The fourth-order valence-corrected chi connectivity index (χ4v) is 5.42. The number of fused-ring (bicyclic) bond motifs is 1. The quantitative estimate of drug-likeness (QED) is 0.648. The van der Waals surface area contributed by atoms with Gasteiger partial charge >= 0.3 is 18.1 Å². The van der Waals surface area contributed by atoms with Gasteiger partial charge in [0, 0.05) is 5.92 Å². The number of rotatable bonds is 5. The number of carbonyl (C=O) groups excluding carboxylic acids is 2. The van der Waals surface area contributed by atoms with Crippen LogP contribution in [0.25, 0.3) is 0 Å². The largest absolute Gasteiger partial charge is 0.458 e. The van der Waals surface area contributed by atoms with Crippen molar-refractivity contribution in [3.63, 3.8) is 0 Å². The van der Waals surface area contributed by atoms with Crippen molar-refractivity contribution in [3.05, 3.63) is 0 Å². The van der Waals surface area contributed by atoms with Crippen LogP contribution >= 0.6 is 0 Å². The van der Waals surface area contributed by atoms with Crippen molar-refractivity contribution in [1.29, 1.82) is 0 Å². The molecule has 2 aliphatic carbocycles. The van der Waals surface area contributed by atoms with Gasteiger partial charge in [-0.2, -0.15) is 13.2 Å². The summed E-state index contributed by atoms with van der Waals surface area (Å²) in [6.45, 7) is 9.77. The maximum absolute atomic E-state index is 13.8. The second kappa shape index (κ2) is 6.38. The number of ether oxygens (including phenoxy) is 2. The summed E-state index contributed by atoms with van der Waals surface area (Å²) in [6.07, 6.45) is -5.41. The first kappa shape index (κ1) is 20.5. The number of esters is 2. The maximum Gasteiger partial charge on any atom is 0.405 e. The smallest absolute Gasteiger partial charge is 0.405 e. The first-order valence-electron chi connectivity index (χ1n) is 9.81. The van der Waals surface area contributed by atoms with E-state index in [2.05, 4.69) is 0 Å². The summed E-state index contributed by atoms with van der Waals surface area (Å²) in [4.78, 5) is 25.2. The fourth-order valence-electron chi connectivity index (χ4n) is 5.42. The molecule has 0 aromatic carbocycles. The van der Waals surface area contributed by atoms with Gasteiger partial charge in [0.15, 0.2) is 5.41 Å². The molecule has 27 heavy (non-hydrogen) atoms. The number of carbonyl (C=O) groups is 2. The molecule has 4 nitrogen and oxygen atoms in total. The lowest BCUT2D eigenvalue weighted by Crippen LogP contribution is -2.46. The zero-order valence-electron chi connectivity index (χ0n) is 16.6. The van der Waals surface area contributed by atoms with E-state index in [0.717, 1.165) is 0 Å². The van der Waals surface area contributed by atoms with Gasteiger partial charge in [-0.05, 0) is 50.4 Å². The van der Waals surface area contributed by atoms with E-state index in [4.69, 9.17) is 9.47 Å². The van der Waals surface area contributed by atoms with Gasteiger partial charge in [0.05, 0.1) is 5.41 Å². The van der Waals surface area contributed by atoms with Crippen LogP contribution in [0.3, 0.4) is 0 Å². The van der Waals surface area contributed by atoms with E-state index in [1.807, 2.05) is 34.6 Å². The van der Waals surface area contributed by atoms with E-state index >= 15 is 0 Å². The Hall–Kier alpha value is -1.27. The van der Waals surface area contributed by atoms with Gasteiger partial charge in [-0.3, -0.25) is 9.59 Å². The van der Waals surface area contributed by atoms with Crippen LogP contribution in [0.1, 0.15) is 60.3 Å². The van der Waals surface area contributed by atoms with Crippen LogP contribution in [-0.2, 0) is 19.1 Å². The molecule has 0 N–H and O–H groups in total. The van der Waals surface area contributed by atoms with E-state index in [1.54, 1.807) is 0 Å². The summed E-state index contributed by atoms with van der Waals surface area (Å²) in [5.41, 5.74) is -3.14. The first-order chi connectivity index (χ1) is 12.3. The zero-order chi connectivity index (χ0) is 20.4. The minimum Gasteiger partial charge on any atom is -0.458 e. The number of hydrogen-bond donors (Lipinski definition) is 0. The standard InChI is InChI=1S/C20H29F3O4/c1-10(2)8-18(5,11(3)4)16(24)26-14-7-12-6-13-15(14)27-17(25)19(13,9-12)20(21,22)23/h10-15H,6-9H2,1-5H3. The summed E-state index contributed by atoms with van der Waals surface area (Å²) in [7, 11) is 0. The molecular formula is C20H29F3O4.